The van der Waals surface area contributed by atoms with E-state index in [9.17, 15) is 4.79 Å². The van der Waals surface area contributed by atoms with Gasteiger partial charge in [0.25, 0.3) is 0 Å². The van der Waals surface area contributed by atoms with Crippen LogP contribution in [-0.4, -0.2) is 15.7 Å². The fourth-order valence-electron chi connectivity index (χ4n) is 1.58. The van der Waals surface area contributed by atoms with Crippen molar-refractivity contribution in [1.29, 1.82) is 0 Å². The molecule has 0 N–H and O–H groups in total. The van der Waals surface area contributed by atoms with Crippen LogP contribution in [0.5, 0.6) is 11.6 Å². The second kappa shape index (κ2) is 4.55. The number of hydrogen-bond acceptors (Lipinski definition) is 4. The van der Waals surface area contributed by atoms with Gasteiger partial charge in [0.2, 0.25) is 5.88 Å². The Hall–Kier alpha value is -1.66. The number of ether oxygens (including phenoxy) is 1. The summed E-state index contributed by atoms with van der Waals surface area (Å²) in [6, 6.07) is 7.36. The number of thiazole rings is 1. The molecule has 2 heterocycles. The number of carbonyl (C=O) groups is 1. The van der Waals surface area contributed by atoms with E-state index in [1.165, 1.54) is 11.3 Å². The molecule has 0 aliphatic rings. The molecule has 6 heteroatoms. The lowest BCUT2D eigenvalue weighted by molar-refractivity contribution is 0.111. The van der Waals surface area contributed by atoms with E-state index in [4.69, 9.17) is 4.74 Å². The van der Waals surface area contributed by atoms with Crippen LogP contribution >= 0.6 is 27.3 Å². The van der Waals surface area contributed by atoms with E-state index in [1.807, 2.05) is 29.6 Å². The minimum absolute atomic E-state index is 0.333. The molecule has 0 fully saturated rings. The molecule has 0 bridgehead atoms. The number of nitrogens with zero attached hydrogens (tertiary/aromatic N) is 2. The van der Waals surface area contributed by atoms with Gasteiger partial charge >= 0.3 is 0 Å². The van der Waals surface area contributed by atoms with Gasteiger partial charge in [-0.1, -0.05) is 15.9 Å². The molecule has 3 aromatic rings. The molecule has 0 aliphatic carbocycles. The third-order valence-corrected chi connectivity index (χ3v) is 3.69. The lowest BCUT2D eigenvalue weighted by Gasteiger charge is -2.02. The first-order valence-electron chi connectivity index (χ1n) is 5.12. The lowest BCUT2D eigenvalue weighted by Crippen LogP contribution is -1.91. The predicted molar refractivity (Wildman–Crippen MR) is 72.7 cm³/mol. The Kier molecular flexibility index (Phi) is 2.89. The van der Waals surface area contributed by atoms with Gasteiger partial charge in [-0.3, -0.25) is 9.20 Å². The monoisotopic (exact) mass is 322 g/mol. The average molecular weight is 323 g/mol. The highest BCUT2D eigenvalue weighted by atomic mass is 79.9. The molecule has 0 aliphatic heterocycles. The van der Waals surface area contributed by atoms with Crippen LogP contribution in [0.2, 0.25) is 0 Å². The standard InChI is InChI=1S/C12H7BrN2O2S/c13-8-1-3-9(4-2-8)17-11-10(7-16)15-5-6-18-12(15)14-11/h1-7H. The van der Waals surface area contributed by atoms with Gasteiger partial charge < -0.3 is 4.74 Å². The maximum Gasteiger partial charge on any atom is 0.250 e. The molecule has 0 unspecified atom stereocenters. The van der Waals surface area contributed by atoms with Gasteiger partial charge in [0.15, 0.2) is 16.9 Å². The number of fused-ring (bicyclic) bond motifs is 1. The van der Waals surface area contributed by atoms with Crippen molar-refractivity contribution in [1.82, 2.24) is 9.38 Å². The van der Waals surface area contributed by atoms with Crippen LogP contribution in [0.3, 0.4) is 0 Å². The van der Waals surface area contributed by atoms with Gasteiger partial charge in [-0.25, -0.2) is 0 Å². The van der Waals surface area contributed by atoms with E-state index in [-0.39, 0.29) is 0 Å². The van der Waals surface area contributed by atoms with Crippen LogP contribution in [-0.2, 0) is 0 Å². The van der Waals surface area contributed by atoms with Crippen molar-refractivity contribution in [3.8, 4) is 11.6 Å². The maximum atomic E-state index is 11.1. The third kappa shape index (κ3) is 1.93. The van der Waals surface area contributed by atoms with Crippen molar-refractivity contribution in [3.63, 3.8) is 0 Å². The van der Waals surface area contributed by atoms with Gasteiger partial charge in [0.05, 0.1) is 0 Å². The molecule has 0 saturated carbocycles. The van der Waals surface area contributed by atoms with E-state index >= 15 is 0 Å². The molecule has 0 atom stereocenters. The SMILES string of the molecule is O=Cc1c(Oc2ccc(Br)cc2)nc2sccn12. The lowest BCUT2D eigenvalue weighted by atomic mass is 10.3. The van der Waals surface area contributed by atoms with Gasteiger partial charge in [0.1, 0.15) is 5.75 Å². The molecular weight excluding hydrogens is 316 g/mol. The van der Waals surface area contributed by atoms with E-state index in [0.717, 1.165) is 15.7 Å². The molecular formula is C12H7BrN2O2S. The van der Waals surface area contributed by atoms with Gasteiger partial charge in [-0.05, 0) is 24.3 Å². The summed E-state index contributed by atoms with van der Waals surface area (Å²) in [5.74, 6) is 0.978. The van der Waals surface area contributed by atoms with Crippen molar-refractivity contribution in [3.05, 3.63) is 46.0 Å². The Bertz CT molecular complexity index is 703. The summed E-state index contributed by atoms with van der Waals surface area (Å²) in [4.78, 5) is 16.1. The number of rotatable bonds is 3. The van der Waals surface area contributed by atoms with Crippen molar-refractivity contribution < 1.29 is 9.53 Å². The number of hydrogen-bond donors (Lipinski definition) is 0. The minimum atomic E-state index is 0.333. The summed E-state index contributed by atoms with van der Waals surface area (Å²) < 4.78 is 8.30. The molecule has 90 valence electrons. The first kappa shape index (κ1) is 11.4. The highest BCUT2D eigenvalue weighted by Gasteiger charge is 2.14. The molecule has 4 nitrogen and oxygen atoms in total. The maximum absolute atomic E-state index is 11.1. The highest BCUT2D eigenvalue weighted by molar-refractivity contribution is 9.10. The second-order valence-corrected chi connectivity index (χ2v) is 5.32. The summed E-state index contributed by atoms with van der Waals surface area (Å²) in [7, 11) is 0. The Morgan fingerprint density at radius 2 is 2.11 bits per heavy atom. The summed E-state index contributed by atoms with van der Waals surface area (Å²) in [5.41, 5.74) is 0.425. The summed E-state index contributed by atoms with van der Waals surface area (Å²) in [6.45, 7) is 0. The van der Waals surface area contributed by atoms with Crippen molar-refractivity contribution in [2.75, 3.05) is 0 Å². The van der Waals surface area contributed by atoms with Crippen LogP contribution in [0.15, 0.2) is 40.3 Å². The average Bonchev–Trinajstić information content (AvgIpc) is 2.92. The Morgan fingerprint density at radius 1 is 1.33 bits per heavy atom. The normalized spacial score (nSPS) is 10.7. The van der Waals surface area contributed by atoms with Crippen LogP contribution in [0.25, 0.3) is 4.96 Å². The topological polar surface area (TPSA) is 43.6 Å². The van der Waals surface area contributed by atoms with Crippen molar-refractivity contribution >= 4 is 38.5 Å². The number of aromatic nitrogens is 2. The van der Waals surface area contributed by atoms with Crippen molar-refractivity contribution in [2.24, 2.45) is 0 Å². The van der Waals surface area contributed by atoms with E-state index in [0.29, 0.717) is 17.3 Å². The molecule has 0 amide bonds. The molecule has 1 aromatic carbocycles. The molecule has 2 aromatic heterocycles. The first-order chi connectivity index (χ1) is 8.78. The van der Waals surface area contributed by atoms with E-state index in [2.05, 4.69) is 20.9 Å². The molecule has 3 rings (SSSR count). The van der Waals surface area contributed by atoms with Gasteiger partial charge in [-0.2, -0.15) is 4.98 Å². The molecule has 0 spiro atoms. The van der Waals surface area contributed by atoms with E-state index < -0.39 is 0 Å². The van der Waals surface area contributed by atoms with Crippen LogP contribution in [0.4, 0.5) is 0 Å². The summed E-state index contributed by atoms with van der Waals surface area (Å²) in [6.07, 6.45) is 2.55. The molecule has 0 saturated heterocycles. The molecule has 0 radical (unpaired) electrons. The van der Waals surface area contributed by atoms with Crippen LogP contribution < -0.4 is 4.74 Å². The smallest absolute Gasteiger partial charge is 0.250 e. The minimum Gasteiger partial charge on any atom is -0.437 e. The highest BCUT2D eigenvalue weighted by Crippen LogP contribution is 2.27. The first-order valence-corrected chi connectivity index (χ1v) is 6.79. The fourth-order valence-corrected chi connectivity index (χ4v) is 2.56. The number of imidazole rings is 1. The predicted octanol–water partition coefficient (Wildman–Crippen LogP) is 3.76. The van der Waals surface area contributed by atoms with Gasteiger partial charge in [-0.15, -0.1) is 11.3 Å². The van der Waals surface area contributed by atoms with Gasteiger partial charge in [0, 0.05) is 16.0 Å². The number of aldehydes is 1. The molecule has 18 heavy (non-hydrogen) atoms. The zero-order valence-electron chi connectivity index (χ0n) is 9.04. The zero-order valence-corrected chi connectivity index (χ0v) is 11.4. The third-order valence-electron chi connectivity index (χ3n) is 2.41. The van der Waals surface area contributed by atoms with Crippen LogP contribution in [0.1, 0.15) is 10.5 Å². The number of carbonyl (C=O) groups excluding carboxylic acids is 1. The fraction of sp³-hybridized carbons (Fsp3) is 0. The Balaban J connectivity index is 2.01. The Morgan fingerprint density at radius 3 is 2.83 bits per heavy atom. The van der Waals surface area contributed by atoms with Crippen molar-refractivity contribution in [2.45, 2.75) is 0 Å². The second-order valence-electron chi connectivity index (χ2n) is 3.53. The Labute approximate surface area is 115 Å². The van der Waals surface area contributed by atoms with E-state index in [1.54, 1.807) is 10.6 Å². The largest absolute Gasteiger partial charge is 0.437 e. The summed E-state index contributed by atoms with van der Waals surface area (Å²) >= 11 is 4.81. The number of benzene rings is 1. The quantitative estimate of drug-likeness (QED) is 0.689. The zero-order chi connectivity index (χ0) is 12.5. The summed E-state index contributed by atoms with van der Waals surface area (Å²) in [5, 5.41) is 1.87. The number of halogens is 1. The van der Waals surface area contributed by atoms with Crippen LogP contribution in [0, 0.1) is 0 Å².